The number of carbonyl (C=O) groups excluding carboxylic acids is 1. The number of ether oxygens (including phenoxy) is 1. The lowest BCUT2D eigenvalue weighted by Gasteiger charge is -2.13. The van der Waals surface area contributed by atoms with Crippen LogP contribution < -0.4 is 10.1 Å². The largest absolute Gasteiger partial charge is 0.497 e. The second-order valence-electron chi connectivity index (χ2n) is 5.78. The van der Waals surface area contributed by atoms with Crippen LogP contribution in [0.3, 0.4) is 0 Å². The van der Waals surface area contributed by atoms with Gasteiger partial charge in [0.2, 0.25) is 5.91 Å². The number of rotatable bonds is 5. The predicted octanol–water partition coefficient (Wildman–Crippen LogP) is 1.89. The van der Waals surface area contributed by atoms with Crippen LogP contribution in [0.2, 0.25) is 0 Å². The minimum atomic E-state index is -0.684. The third kappa shape index (κ3) is 3.26. The first-order chi connectivity index (χ1) is 8.94. The number of nitrogens with one attached hydrogen (secondary N) is 1. The fourth-order valence-electron chi connectivity index (χ4n) is 2.18. The monoisotopic (exact) mass is 263 g/mol. The molecule has 0 spiro atoms. The molecular formula is C15H21NO3. The van der Waals surface area contributed by atoms with E-state index in [2.05, 4.69) is 19.2 Å². The van der Waals surface area contributed by atoms with Gasteiger partial charge in [0.1, 0.15) is 5.75 Å². The molecule has 1 aromatic carbocycles. The van der Waals surface area contributed by atoms with Crippen molar-refractivity contribution in [1.29, 1.82) is 0 Å². The van der Waals surface area contributed by atoms with Crippen molar-refractivity contribution >= 4 is 5.91 Å². The Kier molecular flexibility index (Phi) is 3.80. The van der Waals surface area contributed by atoms with Gasteiger partial charge in [0.05, 0.1) is 13.2 Å². The summed E-state index contributed by atoms with van der Waals surface area (Å²) in [6.45, 7) is 4.41. The molecule has 19 heavy (non-hydrogen) atoms. The molecule has 1 amide bonds. The van der Waals surface area contributed by atoms with Crippen molar-refractivity contribution in [2.75, 3.05) is 13.7 Å². The van der Waals surface area contributed by atoms with Gasteiger partial charge in [-0.05, 0) is 29.5 Å². The Morgan fingerprint density at radius 1 is 1.47 bits per heavy atom. The van der Waals surface area contributed by atoms with Gasteiger partial charge in [0.25, 0.3) is 0 Å². The Hall–Kier alpha value is -1.55. The van der Waals surface area contributed by atoms with Crippen molar-refractivity contribution in [2.45, 2.75) is 26.4 Å². The molecule has 0 bridgehead atoms. The molecule has 4 heteroatoms. The van der Waals surface area contributed by atoms with Crippen molar-refractivity contribution in [2.24, 2.45) is 11.3 Å². The van der Waals surface area contributed by atoms with Gasteiger partial charge in [-0.15, -0.1) is 0 Å². The van der Waals surface area contributed by atoms with Crippen LogP contribution in [0.15, 0.2) is 24.3 Å². The van der Waals surface area contributed by atoms with Crippen molar-refractivity contribution in [3.8, 4) is 5.75 Å². The summed E-state index contributed by atoms with van der Waals surface area (Å²) < 4.78 is 5.06. The summed E-state index contributed by atoms with van der Waals surface area (Å²) >= 11 is 0. The predicted molar refractivity (Wildman–Crippen MR) is 72.9 cm³/mol. The summed E-state index contributed by atoms with van der Waals surface area (Å²) in [6.07, 6.45) is 0.244. The molecule has 2 rings (SSSR count). The van der Waals surface area contributed by atoms with Gasteiger partial charge in [0, 0.05) is 12.5 Å². The summed E-state index contributed by atoms with van der Waals surface area (Å²) in [5.74, 6) is 0.882. The number of carbonyl (C=O) groups is 1. The highest BCUT2D eigenvalue weighted by atomic mass is 16.5. The third-order valence-electron chi connectivity index (χ3n) is 3.80. The van der Waals surface area contributed by atoms with Gasteiger partial charge in [-0.25, -0.2) is 0 Å². The van der Waals surface area contributed by atoms with E-state index in [9.17, 15) is 9.90 Å². The first-order valence-electron chi connectivity index (χ1n) is 6.54. The Balaban J connectivity index is 1.83. The van der Waals surface area contributed by atoms with Crippen LogP contribution in [-0.2, 0) is 4.79 Å². The number of benzene rings is 1. The molecule has 0 aromatic heterocycles. The lowest BCUT2D eigenvalue weighted by Crippen LogP contribution is -2.30. The molecule has 104 valence electrons. The van der Waals surface area contributed by atoms with Gasteiger partial charge in [-0.3, -0.25) is 4.79 Å². The molecule has 2 atom stereocenters. The molecule has 0 saturated heterocycles. The van der Waals surface area contributed by atoms with E-state index in [-0.39, 0.29) is 23.8 Å². The molecule has 4 nitrogen and oxygen atoms in total. The molecule has 1 saturated carbocycles. The van der Waals surface area contributed by atoms with Crippen molar-refractivity contribution < 1.29 is 14.6 Å². The van der Waals surface area contributed by atoms with Gasteiger partial charge >= 0.3 is 0 Å². The maximum atomic E-state index is 11.8. The molecular weight excluding hydrogens is 242 g/mol. The molecule has 2 unspecified atom stereocenters. The van der Waals surface area contributed by atoms with E-state index in [1.165, 1.54) is 0 Å². The first kappa shape index (κ1) is 13.9. The summed E-state index contributed by atoms with van der Waals surface area (Å²) in [5.41, 5.74) is 0.894. The van der Waals surface area contributed by atoms with Crippen LogP contribution in [0.5, 0.6) is 5.75 Å². The Morgan fingerprint density at radius 3 is 2.53 bits per heavy atom. The first-order valence-corrected chi connectivity index (χ1v) is 6.54. The van der Waals surface area contributed by atoms with Gasteiger partial charge < -0.3 is 15.2 Å². The zero-order valence-electron chi connectivity index (χ0n) is 11.6. The average Bonchev–Trinajstić information content (AvgIpc) is 3.05. The molecule has 0 heterocycles. The second kappa shape index (κ2) is 5.21. The SMILES string of the molecule is COc1ccc(C(O)CNC(=O)C2CC2(C)C)cc1. The molecule has 0 radical (unpaired) electrons. The Labute approximate surface area is 113 Å². The highest BCUT2D eigenvalue weighted by Crippen LogP contribution is 2.51. The summed E-state index contributed by atoms with van der Waals surface area (Å²) in [4.78, 5) is 11.8. The summed E-state index contributed by atoms with van der Waals surface area (Å²) in [7, 11) is 1.60. The van der Waals surface area contributed by atoms with E-state index in [0.29, 0.717) is 0 Å². The molecule has 1 aromatic rings. The van der Waals surface area contributed by atoms with Crippen LogP contribution in [0, 0.1) is 11.3 Å². The second-order valence-corrected chi connectivity index (χ2v) is 5.78. The van der Waals surface area contributed by atoms with Crippen LogP contribution in [-0.4, -0.2) is 24.7 Å². The number of aliphatic hydroxyl groups excluding tert-OH is 1. The minimum absolute atomic E-state index is 0.0394. The van der Waals surface area contributed by atoms with E-state index in [0.717, 1.165) is 17.7 Å². The van der Waals surface area contributed by atoms with Gasteiger partial charge in [-0.2, -0.15) is 0 Å². The zero-order valence-corrected chi connectivity index (χ0v) is 11.6. The number of hydrogen-bond donors (Lipinski definition) is 2. The number of hydrogen-bond acceptors (Lipinski definition) is 3. The van der Waals surface area contributed by atoms with E-state index in [1.807, 2.05) is 0 Å². The summed E-state index contributed by atoms with van der Waals surface area (Å²) in [5, 5.41) is 12.8. The smallest absolute Gasteiger partial charge is 0.223 e. The molecule has 1 aliphatic rings. The average molecular weight is 263 g/mol. The van der Waals surface area contributed by atoms with Crippen LogP contribution >= 0.6 is 0 Å². The fraction of sp³-hybridized carbons (Fsp3) is 0.533. The highest BCUT2D eigenvalue weighted by molar-refractivity contribution is 5.82. The zero-order chi connectivity index (χ0) is 14.0. The topological polar surface area (TPSA) is 58.6 Å². The standard InChI is InChI=1S/C15H21NO3/c1-15(2)8-12(15)14(18)16-9-13(17)10-4-6-11(19-3)7-5-10/h4-7,12-13,17H,8-9H2,1-3H3,(H,16,18). The number of methoxy groups -OCH3 is 1. The fourth-order valence-corrected chi connectivity index (χ4v) is 2.18. The van der Waals surface area contributed by atoms with Crippen LogP contribution in [0.4, 0.5) is 0 Å². The lowest BCUT2D eigenvalue weighted by molar-refractivity contribution is -0.123. The van der Waals surface area contributed by atoms with E-state index < -0.39 is 6.10 Å². The minimum Gasteiger partial charge on any atom is -0.497 e. The molecule has 1 aliphatic carbocycles. The van der Waals surface area contributed by atoms with Crippen LogP contribution in [0.1, 0.15) is 31.9 Å². The van der Waals surface area contributed by atoms with Crippen molar-refractivity contribution in [1.82, 2.24) is 5.32 Å². The quantitative estimate of drug-likeness (QED) is 0.853. The van der Waals surface area contributed by atoms with Crippen LogP contribution in [0.25, 0.3) is 0 Å². The normalized spacial score (nSPS) is 21.6. The van der Waals surface area contributed by atoms with Gasteiger partial charge in [-0.1, -0.05) is 26.0 Å². The molecule has 1 fully saturated rings. The maximum Gasteiger partial charge on any atom is 0.223 e. The number of amides is 1. The van der Waals surface area contributed by atoms with Crippen molar-refractivity contribution in [3.63, 3.8) is 0 Å². The maximum absolute atomic E-state index is 11.8. The van der Waals surface area contributed by atoms with E-state index >= 15 is 0 Å². The Bertz CT molecular complexity index is 453. The summed E-state index contributed by atoms with van der Waals surface area (Å²) in [6, 6.07) is 7.20. The van der Waals surface area contributed by atoms with Gasteiger partial charge in [0.15, 0.2) is 0 Å². The van der Waals surface area contributed by atoms with E-state index in [4.69, 9.17) is 4.74 Å². The number of aliphatic hydroxyl groups is 1. The van der Waals surface area contributed by atoms with E-state index in [1.54, 1.807) is 31.4 Å². The highest BCUT2D eigenvalue weighted by Gasteiger charge is 2.50. The lowest BCUT2D eigenvalue weighted by atomic mass is 10.1. The third-order valence-corrected chi connectivity index (χ3v) is 3.80. The van der Waals surface area contributed by atoms with Crippen molar-refractivity contribution in [3.05, 3.63) is 29.8 Å². The molecule has 2 N–H and O–H groups in total. The molecule has 0 aliphatic heterocycles. The Morgan fingerprint density at radius 2 is 2.05 bits per heavy atom.